The molecule has 2 amide bonds. The Labute approximate surface area is 105 Å². The molecular formula is C12H17N3O3. The Hall–Kier alpha value is -1.92. The molecule has 0 saturated carbocycles. The molecule has 1 aromatic rings. The van der Waals surface area contributed by atoms with Gasteiger partial charge in [0.15, 0.2) is 0 Å². The molecule has 1 rings (SSSR count). The fourth-order valence-corrected chi connectivity index (χ4v) is 1.29. The Morgan fingerprint density at radius 3 is 2.50 bits per heavy atom. The summed E-state index contributed by atoms with van der Waals surface area (Å²) in [5.74, 6) is -0.421. The van der Waals surface area contributed by atoms with Crippen LogP contribution < -0.4 is 16.4 Å². The summed E-state index contributed by atoms with van der Waals surface area (Å²) < 4.78 is 4.99. The molecule has 0 saturated heterocycles. The van der Waals surface area contributed by atoms with Crippen molar-refractivity contribution in [2.75, 3.05) is 32.1 Å². The molecule has 6 heteroatoms. The number of nitrogens with one attached hydrogen (secondary N) is 2. The van der Waals surface area contributed by atoms with E-state index in [-0.39, 0.29) is 18.4 Å². The predicted octanol–water partition coefficient (Wildman–Crippen LogP) is -0.0400. The van der Waals surface area contributed by atoms with Crippen molar-refractivity contribution < 1.29 is 14.3 Å². The number of ether oxygens (including phenoxy) is 1. The minimum Gasteiger partial charge on any atom is -0.370 e. The molecule has 4 N–H and O–H groups in total. The zero-order valence-corrected chi connectivity index (χ0v) is 10.2. The van der Waals surface area contributed by atoms with Gasteiger partial charge in [-0.05, 0) is 24.3 Å². The van der Waals surface area contributed by atoms with Gasteiger partial charge >= 0.3 is 0 Å². The zero-order chi connectivity index (χ0) is 13.4. The van der Waals surface area contributed by atoms with E-state index >= 15 is 0 Å². The van der Waals surface area contributed by atoms with Gasteiger partial charge in [0.2, 0.25) is 5.91 Å². The van der Waals surface area contributed by atoms with Crippen molar-refractivity contribution in [3.63, 3.8) is 0 Å². The summed E-state index contributed by atoms with van der Waals surface area (Å²) in [6.07, 6.45) is 0. The molecule has 0 radical (unpaired) electrons. The van der Waals surface area contributed by atoms with Gasteiger partial charge in [-0.1, -0.05) is 0 Å². The van der Waals surface area contributed by atoms with E-state index in [4.69, 9.17) is 10.5 Å². The lowest BCUT2D eigenvalue weighted by Gasteiger charge is -2.06. The fourth-order valence-electron chi connectivity index (χ4n) is 1.29. The summed E-state index contributed by atoms with van der Waals surface area (Å²) >= 11 is 0. The highest BCUT2D eigenvalue weighted by Crippen LogP contribution is 2.09. The predicted molar refractivity (Wildman–Crippen MR) is 68.3 cm³/mol. The van der Waals surface area contributed by atoms with Gasteiger partial charge in [-0.2, -0.15) is 0 Å². The van der Waals surface area contributed by atoms with Crippen LogP contribution in [0.1, 0.15) is 10.4 Å². The fraction of sp³-hybridized carbons (Fsp3) is 0.333. The Morgan fingerprint density at radius 1 is 1.28 bits per heavy atom. The third-order valence-corrected chi connectivity index (χ3v) is 2.15. The largest absolute Gasteiger partial charge is 0.370 e. The molecule has 0 unspecified atom stereocenters. The number of hydrogen-bond acceptors (Lipinski definition) is 4. The van der Waals surface area contributed by atoms with E-state index in [9.17, 15) is 9.59 Å². The smallest absolute Gasteiger partial charge is 0.251 e. The van der Waals surface area contributed by atoms with Gasteiger partial charge in [0.05, 0.1) is 6.61 Å². The average molecular weight is 251 g/mol. The first-order chi connectivity index (χ1) is 8.67. The highest BCUT2D eigenvalue weighted by Gasteiger charge is 2.04. The van der Waals surface area contributed by atoms with E-state index in [0.29, 0.717) is 24.4 Å². The van der Waals surface area contributed by atoms with E-state index in [1.165, 1.54) is 0 Å². The average Bonchev–Trinajstić information content (AvgIpc) is 2.39. The van der Waals surface area contributed by atoms with Gasteiger partial charge in [-0.15, -0.1) is 0 Å². The van der Waals surface area contributed by atoms with Gasteiger partial charge in [-0.3, -0.25) is 9.59 Å². The molecule has 0 aliphatic carbocycles. The van der Waals surface area contributed by atoms with Crippen LogP contribution in [0.5, 0.6) is 0 Å². The summed E-state index contributed by atoms with van der Waals surface area (Å²) in [5, 5.41) is 5.17. The van der Waals surface area contributed by atoms with E-state index in [1.54, 1.807) is 31.3 Å². The molecular weight excluding hydrogens is 234 g/mol. The van der Waals surface area contributed by atoms with Crippen LogP contribution >= 0.6 is 0 Å². The number of anilines is 1. The van der Waals surface area contributed by atoms with Crippen molar-refractivity contribution in [1.29, 1.82) is 0 Å². The van der Waals surface area contributed by atoms with Crippen LogP contribution in [0, 0.1) is 0 Å². The van der Waals surface area contributed by atoms with Crippen LogP contribution in [-0.2, 0) is 9.53 Å². The molecule has 0 spiro atoms. The third-order valence-electron chi connectivity index (χ3n) is 2.15. The molecule has 0 heterocycles. The van der Waals surface area contributed by atoms with Crippen LogP contribution in [0.15, 0.2) is 24.3 Å². The maximum absolute atomic E-state index is 11.4. The quantitative estimate of drug-likeness (QED) is 0.618. The highest BCUT2D eigenvalue weighted by atomic mass is 16.5. The molecule has 6 nitrogen and oxygen atoms in total. The van der Waals surface area contributed by atoms with Gasteiger partial charge < -0.3 is 21.1 Å². The summed E-state index contributed by atoms with van der Waals surface area (Å²) in [5.41, 5.74) is 6.38. The van der Waals surface area contributed by atoms with Crippen molar-refractivity contribution in [3.05, 3.63) is 29.8 Å². The molecule has 1 aromatic carbocycles. The number of amides is 2. The second-order valence-corrected chi connectivity index (χ2v) is 3.55. The topological polar surface area (TPSA) is 93.5 Å². The lowest BCUT2D eigenvalue weighted by atomic mass is 10.2. The number of carbonyl (C=O) groups excluding carboxylic acids is 2. The van der Waals surface area contributed by atoms with Gasteiger partial charge in [0, 0.05) is 24.8 Å². The number of rotatable bonds is 6. The number of carbonyl (C=O) groups is 2. The molecule has 18 heavy (non-hydrogen) atoms. The van der Waals surface area contributed by atoms with E-state index in [1.807, 2.05) is 0 Å². The first-order valence-electron chi connectivity index (χ1n) is 5.57. The van der Waals surface area contributed by atoms with E-state index < -0.39 is 0 Å². The van der Waals surface area contributed by atoms with Crippen molar-refractivity contribution in [2.24, 2.45) is 5.73 Å². The summed E-state index contributed by atoms with van der Waals surface area (Å²) in [7, 11) is 1.56. The molecule has 0 aliphatic rings. The summed E-state index contributed by atoms with van der Waals surface area (Å²) in [6.45, 7) is 0.700. The van der Waals surface area contributed by atoms with E-state index in [2.05, 4.69) is 10.6 Å². The minimum atomic E-state index is -0.254. The highest BCUT2D eigenvalue weighted by molar-refractivity contribution is 5.95. The van der Waals surface area contributed by atoms with Crippen molar-refractivity contribution >= 4 is 17.5 Å². The Bertz CT molecular complexity index is 404. The molecule has 0 atom stereocenters. The molecule has 0 aromatic heterocycles. The summed E-state index contributed by atoms with van der Waals surface area (Å²) in [4.78, 5) is 22.7. The van der Waals surface area contributed by atoms with Crippen molar-refractivity contribution in [1.82, 2.24) is 5.32 Å². The molecule has 0 aliphatic heterocycles. The lowest BCUT2D eigenvalue weighted by Crippen LogP contribution is -2.21. The monoisotopic (exact) mass is 251 g/mol. The number of nitrogens with two attached hydrogens (primary N) is 1. The second kappa shape index (κ2) is 7.41. The van der Waals surface area contributed by atoms with Crippen LogP contribution in [0.2, 0.25) is 0 Å². The zero-order valence-electron chi connectivity index (χ0n) is 10.2. The SMILES string of the molecule is CNC(=O)c1ccc(NC(=O)COCCN)cc1. The maximum Gasteiger partial charge on any atom is 0.251 e. The van der Waals surface area contributed by atoms with Crippen LogP contribution in [0.3, 0.4) is 0 Å². The van der Waals surface area contributed by atoms with Gasteiger partial charge in [0.25, 0.3) is 5.91 Å². The molecule has 0 bridgehead atoms. The van der Waals surface area contributed by atoms with Gasteiger partial charge in [0.1, 0.15) is 6.61 Å². The Balaban J connectivity index is 2.48. The van der Waals surface area contributed by atoms with E-state index in [0.717, 1.165) is 0 Å². The Morgan fingerprint density at radius 2 is 1.94 bits per heavy atom. The van der Waals surface area contributed by atoms with Crippen molar-refractivity contribution in [3.8, 4) is 0 Å². The van der Waals surface area contributed by atoms with Crippen molar-refractivity contribution in [2.45, 2.75) is 0 Å². The van der Waals surface area contributed by atoms with Crippen LogP contribution in [0.25, 0.3) is 0 Å². The van der Waals surface area contributed by atoms with Gasteiger partial charge in [-0.25, -0.2) is 0 Å². The molecule has 98 valence electrons. The number of benzene rings is 1. The second-order valence-electron chi connectivity index (χ2n) is 3.55. The Kier molecular flexibility index (Phi) is 5.83. The standard InChI is InChI=1S/C12H17N3O3/c1-14-12(17)9-2-4-10(5-3-9)15-11(16)8-18-7-6-13/h2-5H,6-8,13H2,1H3,(H,14,17)(H,15,16). The first-order valence-corrected chi connectivity index (χ1v) is 5.57. The van der Waals surface area contributed by atoms with Crippen LogP contribution in [-0.4, -0.2) is 38.6 Å². The lowest BCUT2D eigenvalue weighted by molar-refractivity contribution is -0.120. The summed E-state index contributed by atoms with van der Waals surface area (Å²) in [6, 6.07) is 6.58. The minimum absolute atomic E-state index is 0.0333. The molecule has 0 fully saturated rings. The maximum atomic E-state index is 11.4. The third kappa shape index (κ3) is 4.52. The normalized spacial score (nSPS) is 9.89. The number of hydrogen-bond donors (Lipinski definition) is 3. The first kappa shape index (κ1) is 14.1. The van der Waals surface area contributed by atoms with Crippen LogP contribution in [0.4, 0.5) is 5.69 Å².